The van der Waals surface area contributed by atoms with Crippen molar-refractivity contribution >= 4 is 16.6 Å². The van der Waals surface area contributed by atoms with Crippen LogP contribution >= 0.6 is 0 Å². The Hall–Kier alpha value is -1.57. The molecule has 0 aromatic carbocycles. The SMILES string of the molecule is C=C1CCCc2[nH]c3ncc(C)cc3c21. The lowest BCUT2D eigenvalue weighted by Crippen LogP contribution is -1.98. The Morgan fingerprint density at radius 1 is 1.40 bits per heavy atom. The van der Waals surface area contributed by atoms with Crippen molar-refractivity contribution in [3.63, 3.8) is 0 Å². The zero-order valence-corrected chi connectivity index (χ0v) is 8.93. The summed E-state index contributed by atoms with van der Waals surface area (Å²) in [6.45, 7) is 6.24. The predicted octanol–water partition coefficient (Wildman–Crippen LogP) is 3.22. The van der Waals surface area contributed by atoms with Crippen LogP contribution in [-0.4, -0.2) is 9.97 Å². The minimum Gasteiger partial charge on any atom is -0.343 e. The lowest BCUT2D eigenvalue weighted by atomic mass is 9.92. The van der Waals surface area contributed by atoms with Gasteiger partial charge in [0.05, 0.1) is 0 Å². The number of H-pyrrole nitrogens is 1. The molecule has 0 bridgehead atoms. The molecular formula is C13H14N2. The van der Waals surface area contributed by atoms with Crippen LogP contribution in [0.25, 0.3) is 16.6 Å². The minimum atomic E-state index is 1.01. The molecule has 2 aromatic heterocycles. The second-order valence-corrected chi connectivity index (χ2v) is 4.34. The Balaban J connectivity index is 2.38. The third kappa shape index (κ3) is 1.21. The van der Waals surface area contributed by atoms with Crippen LogP contribution in [0.3, 0.4) is 0 Å². The van der Waals surface area contributed by atoms with E-state index in [0.29, 0.717) is 0 Å². The molecule has 0 radical (unpaired) electrons. The average Bonchev–Trinajstić information content (AvgIpc) is 2.57. The molecule has 15 heavy (non-hydrogen) atoms. The maximum Gasteiger partial charge on any atom is 0.138 e. The minimum absolute atomic E-state index is 1.01. The normalized spacial score (nSPS) is 15.7. The highest BCUT2D eigenvalue weighted by atomic mass is 14.9. The number of aryl methyl sites for hydroxylation is 2. The Morgan fingerprint density at radius 2 is 2.27 bits per heavy atom. The number of fused-ring (bicyclic) bond motifs is 3. The Morgan fingerprint density at radius 3 is 3.13 bits per heavy atom. The number of hydrogen-bond acceptors (Lipinski definition) is 1. The van der Waals surface area contributed by atoms with Gasteiger partial charge in [-0.1, -0.05) is 6.58 Å². The smallest absolute Gasteiger partial charge is 0.138 e. The summed E-state index contributed by atoms with van der Waals surface area (Å²) in [5.41, 5.74) is 6.12. The summed E-state index contributed by atoms with van der Waals surface area (Å²) < 4.78 is 0. The van der Waals surface area contributed by atoms with E-state index in [1.54, 1.807) is 0 Å². The van der Waals surface area contributed by atoms with E-state index >= 15 is 0 Å². The van der Waals surface area contributed by atoms with Crippen LogP contribution < -0.4 is 0 Å². The van der Waals surface area contributed by atoms with Crippen LogP contribution in [0, 0.1) is 6.92 Å². The van der Waals surface area contributed by atoms with Crippen molar-refractivity contribution in [3.05, 3.63) is 35.7 Å². The van der Waals surface area contributed by atoms with Crippen LogP contribution in [0.5, 0.6) is 0 Å². The third-order valence-electron chi connectivity index (χ3n) is 3.12. The molecule has 0 saturated heterocycles. The predicted molar refractivity (Wildman–Crippen MR) is 62.8 cm³/mol. The van der Waals surface area contributed by atoms with Gasteiger partial charge in [0.25, 0.3) is 0 Å². The highest BCUT2D eigenvalue weighted by Crippen LogP contribution is 2.34. The molecule has 0 unspecified atom stereocenters. The maximum absolute atomic E-state index is 4.42. The molecule has 76 valence electrons. The maximum atomic E-state index is 4.42. The molecule has 2 heteroatoms. The summed E-state index contributed by atoms with van der Waals surface area (Å²) in [5.74, 6) is 0. The topological polar surface area (TPSA) is 28.7 Å². The number of nitrogens with one attached hydrogen (secondary N) is 1. The summed E-state index contributed by atoms with van der Waals surface area (Å²) in [4.78, 5) is 7.83. The summed E-state index contributed by atoms with van der Waals surface area (Å²) in [5, 5.41) is 1.25. The van der Waals surface area contributed by atoms with Crippen molar-refractivity contribution in [2.75, 3.05) is 0 Å². The van der Waals surface area contributed by atoms with Gasteiger partial charge in [-0.25, -0.2) is 4.98 Å². The van der Waals surface area contributed by atoms with E-state index in [-0.39, 0.29) is 0 Å². The first-order valence-corrected chi connectivity index (χ1v) is 5.41. The first-order valence-electron chi connectivity index (χ1n) is 5.41. The monoisotopic (exact) mass is 198 g/mol. The second kappa shape index (κ2) is 2.96. The molecule has 2 nitrogen and oxygen atoms in total. The van der Waals surface area contributed by atoms with E-state index in [1.807, 2.05) is 6.20 Å². The Bertz CT molecular complexity index is 549. The van der Waals surface area contributed by atoms with Gasteiger partial charge in [-0.3, -0.25) is 0 Å². The van der Waals surface area contributed by atoms with Gasteiger partial charge in [-0.2, -0.15) is 0 Å². The zero-order chi connectivity index (χ0) is 10.4. The Labute approximate surface area is 89.0 Å². The molecule has 2 aromatic rings. The summed E-state index contributed by atoms with van der Waals surface area (Å²) in [6.07, 6.45) is 5.36. The van der Waals surface area contributed by atoms with Crippen LogP contribution in [0.4, 0.5) is 0 Å². The Kier molecular flexibility index (Phi) is 1.72. The van der Waals surface area contributed by atoms with E-state index in [2.05, 4.69) is 29.5 Å². The van der Waals surface area contributed by atoms with Crippen LogP contribution in [0.2, 0.25) is 0 Å². The standard InChI is InChI=1S/C13H14N2/c1-8-6-10-12-9(2)4-3-5-11(12)15-13(10)14-7-8/h6-7H,2-5H2,1H3,(H,14,15). The lowest BCUT2D eigenvalue weighted by Gasteiger charge is -2.13. The molecule has 0 aliphatic heterocycles. The first kappa shape index (κ1) is 8.72. The number of hydrogen-bond donors (Lipinski definition) is 1. The van der Waals surface area contributed by atoms with Gasteiger partial charge in [0.15, 0.2) is 0 Å². The molecule has 0 atom stereocenters. The second-order valence-electron chi connectivity index (χ2n) is 4.34. The molecule has 1 aliphatic rings. The fourth-order valence-corrected chi connectivity index (χ4v) is 2.42. The quantitative estimate of drug-likeness (QED) is 0.691. The number of allylic oxidation sites excluding steroid dienone is 1. The highest BCUT2D eigenvalue weighted by Gasteiger charge is 2.18. The molecule has 0 spiro atoms. The highest BCUT2D eigenvalue weighted by molar-refractivity contribution is 5.92. The molecule has 1 N–H and O–H groups in total. The number of aromatic nitrogens is 2. The fraction of sp³-hybridized carbons (Fsp3) is 0.308. The number of nitrogens with zero attached hydrogens (tertiary/aromatic N) is 1. The molecular weight excluding hydrogens is 184 g/mol. The van der Waals surface area contributed by atoms with Crippen molar-refractivity contribution < 1.29 is 0 Å². The number of rotatable bonds is 0. The van der Waals surface area contributed by atoms with Gasteiger partial charge in [0, 0.05) is 22.8 Å². The van der Waals surface area contributed by atoms with Gasteiger partial charge in [-0.15, -0.1) is 0 Å². The van der Waals surface area contributed by atoms with Crippen LogP contribution in [-0.2, 0) is 6.42 Å². The molecule has 0 fully saturated rings. The molecule has 2 heterocycles. The van der Waals surface area contributed by atoms with Crippen molar-refractivity contribution in [2.45, 2.75) is 26.2 Å². The molecule has 1 aliphatic carbocycles. The van der Waals surface area contributed by atoms with Gasteiger partial charge in [-0.05, 0) is 43.4 Å². The number of pyridine rings is 1. The third-order valence-corrected chi connectivity index (χ3v) is 3.12. The summed E-state index contributed by atoms with van der Waals surface area (Å²) >= 11 is 0. The zero-order valence-electron chi connectivity index (χ0n) is 8.93. The van der Waals surface area contributed by atoms with Crippen molar-refractivity contribution in [3.8, 4) is 0 Å². The van der Waals surface area contributed by atoms with Crippen molar-refractivity contribution in [1.82, 2.24) is 9.97 Å². The van der Waals surface area contributed by atoms with E-state index in [0.717, 1.165) is 18.5 Å². The summed E-state index contributed by atoms with van der Waals surface area (Å²) in [7, 11) is 0. The van der Waals surface area contributed by atoms with Gasteiger partial charge in [0.1, 0.15) is 5.65 Å². The fourth-order valence-electron chi connectivity index (χ4n) is 2.42. The van der Waals surface area contributed by atoms with Crippen LogP contribution in [0.1, 0.15) is 29.7 Å². The summed E-state index contributed by atoms with van der Waals surface area (Å²) in [6, 6.07) is 2.20. The molecule has 0 saturated carbocycles. The number of aromatic amines is 1. The first-order chi connectivity index (χ1) is 7.25. The van der Waals surface area contributed by atoms with Gasteiger partial charge >= 0.3 is 0 Å². The van der Waals surface area contributed by atoms with Crippen molar-refractivity contribution in [2.24, 2.45) is 0 Å². The molecule has 3 rings (SSSR count). The molecule has 0 amide bonds. The van der Waals surface area contributed by atoms with Gasteiger partial charge in [0.2, 0.25) is 0 Å². The van der Waals surface area contributed by atoms with Crippen molar-refractivity contribution in [1.29, 1.82) is 0 Å². The van der Waals surface area contributed by atoms with Crippen LogP contribution in [0.15, 0.2) is 18.8 Å². The largest absolute Gasteiger partial charge is 0.343 e. The van der Waals surface area contributed by atoms with E-state index in [9.17, 15) is 0 Å². The van der Waals surface area contributed by atoms with E-state index in [4.69, 9.17) is 0 Å². The average molecular weight is 198 g/mol. The van der Waals surface area contributed by atoms with E-state index in [1.165, 1.54) is 34.2 Å². The van der Waals surface area contributed by atoms with E-state index < -0.39 is 0 Å². The van der Waals surface area contributed by atoms with Gasteiger partial charge < -0.3 is 4.98 Å². The lowest BCUT2D eigenvalue weighted by molar-refractivity contribution is 0.807.